The first-order valence-electron chi connectivity index (χ1n) is 6.98. The summed E-state index contributed by atoms with van der Waals surface area (Å²) in [7, 11) is 4.88. The first kappa shape index (κ1) is 16.3. The van der Waals surface area contributed by atoms with Crippen LogP contribution in [0.25, 0.3) is 0 Å². The van der Waals surface area contributed by atoms with Crippen LogP contribution in [-0.4, -0.2) is 44.6 Å². The highest BCUT2D eigenvalue weighted by atomic mass is 16.5. The molecule has 0 fully saturated rings. The van der Waals surface area contributed by atoms with Gasteiger partial charge in [0, 0.05) is 20.1 Å². The van der Waals surface area contributed by atoms with Gasteiger partial charge in [0.25, 0.3) is 0 Å². The summed E-state index contributed by atoms with van der Waals surface area (Å²) < 4.78 is 20.7. The summed E-state index contributed by atoms with van der Waals surface area (Å²) in [6.07, 6.45) is 0.571. The van der Waals surface area contributed by atoms with Crippen LogP contribution in [0, 0.1) is 0 Å². The third-order valence-electron chi connectivity index (χ3n) is 3.08. The fourth-order valence-electron chi connectivity index (χ4n) is 1.98. The molecule has 2 aromatic rings. The Bertz CT molecular complexity index is 586. The number of nitrogens with zero attached hydrogens (tertiary/aromatic N) is 2. The number of hydrogen-bond donors (Lipinski definition) is 1. The Morgan fingerprint density at radius 3 is 2.68 bits per heavy atom. The summed E-state index contributed by atoms with van der Waals surface area (Å²) in [4.78, 5) is 4.35. The van der Waals surface area contributed by atoms with Gasteiger partial charge in [0.15, 0.2) is 17.3 Å². The van der Waals surface area contributed by atoms with Gasteiger partial charge in [-0.2, -0.15) is 4.98 Å². The molecular weight excluding hydrogens is 286 g/mol. The molecule has 0 atom stereocenters. The summed E-state index contributed by atoms with van der Waals surface area (Å²) in [5.74, 6) is 2.58. The van der Waals surface area contributed by atoms with Gasteiger partial charge in [0.05, 0.1) is 27.4 Å². The van der Waals surface area contributed by atoms with Gasteiger partial charge in [-0.15, -0.1) is 0 Å². The zero-order valence-electron chi connectivity index (χ0n) is 13.1. The predicted molar refractivity (Wildman–Crippen MR) is 80.2 cm³/mol. The van der Waals surface area contributed by atoms with Gasteiger partial charge in [-0.1, -0.05) is 11.2 Å². The SMILES string of the molecule is COCCNCc1nc(Cc2ccc(OC)c(OC)c2)no1. The van der Waals surface area contributed by atoms with Gasteiger partial charge < -0.3 is 24.1 Å². The van der Waals surface area contributed by atoms with Crippen molar-refractivity contribution in [3.8, 4) is 11.5 Å². The highest BCUT2D eigenvalue weighted by Gasteiger charge is 2.09. The average molecular weight is 307 g/mol. The average Bonchev–Trinajstić information content (AvgIpc) is 2.99. The van der Waals surface area contributed by atoms with Crippen molar-refractivity contribution in [2.45, 2.75) is 13.0 Å². The lowest BCUT2D eigenvalue weighted by Gasteiger charge is -2.08. The molecule has 1 heterocycles. The molecule has 1 N–H and O–H groups in total. The van der Waals surface area contributed by atoms with E-state index in [4.69, 9.17) is 18.7 Å². The van der Waals surface area contributed by atoms with Crippen LogP contribution < -0.4 is 14.8 Å². The predicted octanol–water partition coefficient (Wildman–Crippen LogP) is 1.41. The Hall–Kier alpha value is -2.12. The normalized spacial score (nSPS) is 10.7. The second-order valence-corrected chi connectivity index (χ2v) is 4.64. The van der Waals surface area contributed by atoms with Crippen molar-refractivity contribution in [2.24, 2.45) is 0 Å². The molecule has 0 aliphatic heterocycles. The van der Waals surface area contributed by atoms with Crippen LogP contribution in [0.1, 0.15) is 17.3 Å². The number of aromatic nitrogens is 2. The van der Waals surface area contributed by atoms with Gasteiger partial charge in [-0.05, 0) is 17.7 Å². The van der Waals surface area contributed by atoms with E-state index in [1.54, 1.807) is 21.3 Å². The summed E-state index contributed by atoms with van der Waals surface area (Å²) in [6.45, 7) is 1.92. The van der Waals surface area contributed by atoms with E-state index in [0.717, 1.165) is 12.1 Å². The van der Waals surface area contributed by atoms with Crippen molar-refractivity contribution in [3.63, 3.8) is 0 Å². The van der Waals surface area contributed by atoms with Crippen LogP contribution in [0.3, 0.4) is 0 Å². The summed E-state index contributed by atoms with van der Waals surface area (Å²) in [5.41, 5.74) is 1.03. The molecule has 0 amide bonds. The monoisotopic (exact) mass is 307 g/mol. The Kier molecular flexibility index (Phi) is 6.17. The zero-order valence-corrected chi connectivity index (χ0v) is 13.1. The molecule has 0 unspecified atom stereocenters. The van der Waals surface area contributed by atoms with E-state index < -0.39 is 0 Å². The molecule has 120 valence electrons. The number of methoxy groups -OCH3 is 3. The van der Waals surface area contributed by atoms with E-state index in [1.165, 1.54) is 0 Å². The van der Waals surface area contributed by atoms with Crippen molar-refractivity contribution in [1.29, 1.82) is 0 Å². The van der Waals surface area contributed by atoms with E-state index in [1.807, 2.05) is 18.2 Å². The first-order chi connectivity index (χ1) is 10.8. The lowest BCUT2D eigenvalue weighted by atomic mass is 10.1. The number of benzene rings is 1. The fraction of sp³-hybridized carbons (Fsp3) is 0.467. The lowest BCUT2D eigenvalue weighted by molar-refractivity contribution is 0.197. The number of hydrogen-bond acceptors (Lipinski definition) is 7. The third-order valence-corrected chi connectivity index (χ3v) is 3.08. The highest BCUT2D eigenvalue weighted by Crippen LogP contribution is 2.28. The maximum Gasteiger partial charge on any atom is 0.240 e. The largest absolute Gasteiger partial charge is 0.493 e. The molecule has 7 heteroatoms. The standard InChI is InChI=1S/C15H21N3O4/c1-19-7-6-16-10-15-17-14(18-22-15)9-11-4-5-12(20-2)13(8-11)21-3/h4-5,8,16H,6-7,9-10H2,1-3H3. The van der Waals surface area contributed by atoms with Crippen molar-refractivity contribution in [3.05, 3.63) is 35.5 Å². The minimum Gasteiger partial charge on any atom is -0.493 e. The fourth-order valence-corrected chi connectivity index (χ4v) is 1.98. The molecule has 0 bridgehead atoms. The van der Waals surface area contributed by atoms with Crippen LogP contribution in [-0.2, 0) is 17.7 Å². The van der Waals surface area contributed by atoms with Gasteiger partial charge >= 0.3 is 0 Å². The summed E-state index contributed by atoms with van der Waals surface area (Å²) in [5, 5.41) is 7.13. The number of ether oxygens (including phenoxy) is 3. The van der Waals surface area contributed by atoms with Gasteiger partial charge in [-0.25, -0.2) is 0 Å². The molecule has 0 aliphatic rings. The van der Waals surface area contributed by atoms with Crippen LogP contribution in [0.2, 0.25) is 0 Å². The van der Waals surface area contributed by atoms with E-state index in [-0.39, 0.29) is 0 Å². The minimum atomic E-state index is 0.530. The molecule has 1 aromatic carbocycles. The molecule has 0 spiro atoms. The second kappa shape index (κ2) is 8.35. The Labute approximate surface area is 129 Å². The zero-order chi connectivity index (χ0) is 15.8. The number of rotatable bonds is 9. The van der Waals surface area contributed by atoms with Gasteiger partial charge in [0.2, 0.25) is 5.89 Å². The summed E-state index contributed by atoms with van der Waals surface area (Å²) in [6, 6.07) is 5.72. The molecule has 0 saturated heterocycles. The van der Waals surface area contributed by atoms with Gasteiger partial charge in [-0.3, -0.25) is 0 Å². The lowest BCUT2D eigenvalue weighted by Crippen LogP contribution is -2.18. The highest BCUT2D eigenvalue weighted by molar-refractivity contribution is 5.43. The van der Waals surface area contributed by atoms with E-state index in [2.05, 4.69) is 15.5 Å². The third kappa shape index (κ3) is 4.44. The van der Waals surface area contributed by atoms with E-state index in [0.29, 0.717) is 42.8 Å². The topological polar surface area (TPSA) is 78.6 Å². The molecule has 22 heavy (non-hydrogen) atoms. The molecule has 0 radical (unpaired) electrons. The molecule has 1 aromatic heterocycles. The van der Waals surface area contributed by atoms with Crippen molar-refractivity contribution in [2.75, 3.05) is 34.5 Å². The van der Waals surface area contributed by atoms with Crippen LogP contribution in [0.4, 0.5) is 0 Å². The van der Waals surface area contributed by atoms with Crippen LogP contribution in [0.5, 0.6) is 11.5 Å². The quantitative estimate of drug-likeness (QED) is 0.702. The van der Waals surface area contributed by atoms with Crippen molar-refractivity contribution >= 4 is 0 Å². The molecule has 0 saturated carbocycles. The van der Waals surface area contributed by atoms with Crippen LogP contribution >= 0.6 is 0 Å². The maximum atomic E-state index is 5.28. The molecule has 7 nitrogen and oxygen atoms in total. The van der Waals surface area contributed by atoms with Crippen LogP contribution in [0.15, 0.2) is 22.7 Å². The Morgan fingerprint density at radius 1 is 1.14 bits per heavy atom. The molecule has 2 rings (SSSR count). The van der Waals surface area contributed by atoms with Gasteiger partial charge in [0.1, 0.15) is 0 Å². The number of nitrogens with one attached hydrogen (secondary N) is 1. The Balaban J connectivity index is 1.95. The van der Waals surface area contributed by atoms with Crippen molar-refractivity contribution in [1.82, 2.24) is 15.5 Å². The minimum absolute atomic E-state index is 0.530. The maximum absolute atomic E-state index is 5.28. The summed E-state index contributed by atoms with van der Waals surface area (Å²) >= 11 is 0. The molecular formula is C15H21N3O4. The van der Waals surface area contributed by atoms with E-state index >= 15 is 0 Å². The first-order valence-corrected chi connectivity index (χ1v) is 6.98. The van der Waals surface area contributed by atoms with E-state index in [9.17, 15) is 0 Å². The Morgan fingerprint density at radius 2 is 1.95 bits per heavy atom. The smallest absolute Gasteiger partial charge is 0.240 e. The molecule has 0 aliphatic carbocycles. The second-order valence-electron chi connectivity index (χ2n) is 4.64. The van der Waals surface area contributed by atoms with Crippen molar-refractivity contribution < 1.29 is 18.7 Å².